The van der Waals surface area contributed by atoms with E-state index in [-0.39, 0.29) is 24.5 Å². The number of carbonyl (C=O) groups is 2. The van der Waals surface area contributed by atoms with Crippen molar-refractivity contribution in [3.8, 4) is 11.4 Å². The zero-order valence-corrected chi connectivity index (χ0v) is 19.1. The number of nitrogens with one attached hydrogen (secondary N) is 1. The minimum Gasteiger partial charge on any atom is -0.458 e. The summed E-state index contributed by atoms with van der Waals surface area (Å²) in [4.78, 5) is 42.6. The number of nitrogens with zero attached hydrogens (tertiary/aromatic N) is 2. The lowest BCUT2D eigenvalue weighted by Gasteiger charge is -2.29. The highest BCUT2D eigenvalue weighted by atomic mass is 19.1. The van der Waals surface area contributed by atoms with Crippen LogP contribution in [0.2, 0.25) is 0 Å². The number of fused-ring (bicyclic) bond motifs is 5. The van der Waals surface area contributed by atoms with Crippen LogP contribution in [0.15, 0.2) is 16.9 Å². The molecule has 2 N–H and O–H groups in total. The second-order valence-electron chi connectivity index (χ2n) is 9.10. The van der Waals surface area contributed by atoms with Crippen molar-refractivity contribution in [3.05, 3.63) is 61.7 Å². The number of ether oxygens (including phenoxy) is 2. The van der Waals surface area contributed by atoms with E-state index in [1.165, 1.54) is 13.2 Å². The smallest absolute Gasteiger partial charge is 0.340 e. The molecule has 0 fully saturated rings. The van der Waals surface area contributed by atoms with E-state index in [0.29, 0.717) is 46.4 Å². The molecule has 1 aliphatic carbocycles. The third-order valence-corrected chi connectivity index (χ3v) is 7.34. The van der Waals surface area contributed by atoms with Gasteiger partial charge in [-0.15, -0.1) is 0 Å². The lowest BCUT2D eigenvalue weighted by Crippen LogP contribution is -2.34. The minimum atomic E-state index is -1.02. The lowest BCUT2D eigenvalue weighted by molar-refractivity contribution is -0.159. The number of hydrogen-bond acceptors (Lipinski definition) is 7. The summed E-state index contributed by atoms with van der Waals surface area (Å²) in [6.07, 6.45) is 0.0355. The Kier molecular flexibility index (Phi) is 4.81. The Hall–Kier alpha value is -3.63. The first kappa shape index (κ1) is 21.9. The number of benzene rings is 1. The Labute approximate surface area is 198 Å². The van der Waals surface area contributed by atoms with Crippen LogP contribution >= 0.6 is 0 Å². The maximum Gasteiger partial charge on any atom is 0.340 e. The number of hydrogen-bond donors (Lipinski definition) is 2. The van der Waals surface area contributed by atoms with Crippen molar-refractivity contribution in [3.63, 3.8) is 0 Å². The van der Waals surface area contributed by atoms with E-state index in [4.69, 9.17) is 14.5 Å². The van der Waals surface area contributed by atoms with Crippen LogP contribution in [-0.4, -0.2) is 40.3 Å². The van der Waals surface area contributed by atoms with E-state index >= 15 is 0 Å². The second kappa shape index (κ2) is 7.69. The first-order valence-electron chi connectivity index (χ1n) is 11.3. The zero-order chi connectivity index (χ0) is 24.6. The van der Waals surface area contributed by atoms with E-state index in [9.17, 15) is 23.9 Å². The average molecular weight is 479 g/mol. The third kappa shape index (κ3) is 2.99. The number of esters is 1. The first-order chi connectivity index (χ1) is 16.8. The van der Waals surface area contributed by atoms with Crippen LogP contribution in [0.1, 0.15) is 51.9 Å². The minimum absolute atomic E-state index is 0.143. The molecule has 1 aromatic carbocycles. The van der Waals surface area contributed by atoms with E-state index < -0.39 is 30.6 Å². The summed E-state index contributed by atoms with van der Waals surface area (Å²) in [5.41, 5.74) is 4.82. The summed E-state index contributed by atoms with van der Waals surface area (Å²) >= 11 is 0. The van der Waals surface area contributed by atoms with Gasteiger partial charge in [0, 0.05) is 29.7 Å². The van der Waals surface area contributed by atoms with Crippen molar-refractivity contribution in [1.82, 2.24) is 14.9 Å². The summed E-state index contributed by atoms with van der Waals surface area (Å²) in [7, 11) is 1.37. The molecule has 35 heavy (non-hydrogen) atoms. The van der Waals surface area contributed by atoms with Crippen LogP contribution < -0.4 is 10.9 Å². The lowest BCUT2D eigenvalue weighted by atomic mass is 9.81. The molecule has 0 spiro atoms. The van der Waals surface area contributed by atoms with E-state index in [2.05, 4.69) is 5.32 Å². The standard InChI is InChI=1S/C25H22FN3O6/c1-10-11-3-4-16(27-19(31)8-30)21-13-7-29-18(22(13)28-17(20(11)21)6-15(10)26)5-12-14(24(29)32)9-35-25(33)23(12)34-2/h5-6,16,23,30H,3-4,7-9H2,1-2H3,(H,27,31)/t16-,23-/m0/s1. The van der Waals surface area contributed by atoms with Crippen LogP contribution in [0.3, 0.4) is 0 Å². The van der Waals surface area contributed by atoms with Crippen LogP contribution in [-0.2, 0) is 38.6 Å². The number of rotatable bonds is 3. The molecule has 0 saturated carbocycles. The number of pyridine rings is 2. The number of aliphatic hydroxyl groups is 1. The van der Waals surface area contributed by atoms with Gasteiger partial charge in [0.05, 0.1) is 35.1 Å². The number of cyclic esters (lactones) is 1. The van der Waals surface area contributed by atoms with Gasteiger partial charge < -0.3 is 24.5 Å². The molecule has 2 atom stereocenters. The normalized spacial score (nSPS) is 19.7. The number of aryl methyl sites for hydroxylation is 1. The Morgan fingerprint density at radius 2 is 2.11 bits per heavy atom. The highest BCUT2D eigenvalue weighted by Crippen LogP contribution is 2.45. The summed E-state index contributed by atoms with van der Waals surface area (Å²) in [6.45, 7) is 1.14. The molecule has 1 amide bonds. The largest absolute Gasteiger partial charge is 0.458 e. The van der Waals surface area contributed by atoms with Crippen molar-refractivity contribution in [2.75, 3.05) is 13.7 Å². The average Bonchev–Trinajstić information content (AvgIpc) is 3.21. The van der Waals surface area contributed by atoms with Crippen molar-refractivity contribution < 1.29 is 28.6 Å². The fourth-order valence-electron chi connectivity index (χ4n) is 5.70. The number of amides is 1. The number of aliphatic hydroxyl groups excluding tert-OH is 1. The van der Waals surface area contributed by atoms with Crippen LogP contribution in [0.5, 0.6) is 0 Å². The number of methoxy groups -OCH3 is 1. The van der Waals surface area contributed by atoms with Gasteiger partial charge in [-0.3, -0.25) is 9.59 Å². The molecule has 10 heteroatoms. The Morgan fingerprint density at radius 1 is 1.31 bits per heavy atom. The topological polar surface area (TPSA) is 120 Å². The SMILES string of the molecule is CO[C@@H]1C(=O)OCc2c1cc1n(c2=O)Cc2c-1nc1cc(F)c(C)c3c1c2[C@@H](NC(=O)CO)CC3. The predicted octanol–water partition coefficient (Wildman–Crippen LogP) is 1.71. The second-order valence-corrected chi connectivity index (χ2v) is 9.10. The molecule has 9 nitrogen and oxygen atoms in total. The number of aromatic nitrogens is 2. The highest BCUT2D eigenvalue weighted by Gasteiger charge is 2.38. The fraction of sp³-hybridized carbons (Fsp3) is 0.360. The summed E-state index contributed by atoms with van der Waals surface area (Å²) in [5.74, 6) is -1.46. The van der Waals surface area contributed by atoms with Gasteiger partial charge in [0.25, 0.3) is 5.56 Å². The van der Waals surface area contributed by atoms with Crippen LogP contribution in [0.25, 0.3) is 22.3 Å². The molecule has 0 bridgehead atoms. The van der Waals surface area contributed by atoms with Crippen LogP contribution in [0.4, 0.5) is 4.39 Å². The number of carbonyl (C=O) groups excluding carboxylic acids is 2. The fourth-order valence-corrected chi connectivity index (χ4v) is 5.70. The number of halogens is 1. The third-order valence-electron chi connectivity index (χ3n) is 7.34. The molecule has 6 rings (SSSR count). The maximum absolute atomic E-state index is 14.8. The van der Waals surface area contributed by atoms with Gasteiger partial charge in [-0.25, -0.2) is 14.2 Å². The molecular weight excluding hydrogens is 457 g/mol. The predicted molar refractivity (Wildman–Crippen MR) is 121 cm³/mol. The van der Waals surface area contributed by atoms with Gasteiger partial charge in [-0.05, 0) is 42.5 Å². The van der Waals surface area contributed by atoms with Gasteiger partial charge in [-0.1, -0.05) is 0 Å². The van der Waals surface area contributed by atoms with Gasteiger partial charge >= 0.3 is 5.97 Å². The molecule has 0 unspecified atom stereocenters. The molecular formula is C25H22FN3O6. The van der Waals surface area contributed by atoms with E-state index in [1.54, 1.807) is 17.6 Å². The van der Waals surface area contributed by atoms with Crippen molar-refractivity contribution in [1.29, 1.82) is 0 Å². The van der Waals surface area contributed by atoms with Gasteiger partial charge in [-0.2, -0.15) is 0 Å². The molecule has 180 valence electrons. The molecule has 3 aliphatic rings. The van der Waals surface area contributed by atoms with Crippen molar-refractivity contribution in [2.45, 2.75) is 45.1 Å². The highest BCUT2D eigenvalue weighted by molar-refractivity contribution is 5.93. The maximum atomic E-state index is 14.8. The summed E-state index contributed by atoms with van der Waals surface area (Å²) < 4.78 is 26.9. The molecule has 4 heterocycles. The quantitative estimate of drug-likeness (QED) is 0.430. The van der Waals surface area contributed by atoms with E-state index in [1.807, 2.05) is 0 Å². The molecule has 0 saturated heterocycles. The Bertz CT molecular complexity index is 1530. The molecule has 2 aromatic heterocycles. The first-order valence-corrected chi connectivity index (χ1v) is 11.3. The van der Waals surface area contributed by atoms with Crippen molar-refractivity contribution >= 4 is 22.8 Å². The zero-order valence-electron chi connectivity index (χ0n) is 19.1. The Morgan fingerprint density at radius 3 is 2.86 bits per heavy atom. The molecule has 2 aliphatic heterocycles. The Balaban J connectivity index is 1.65. The van der Waals surface area contributed by atoms with Gasteiger partial charge in [0.15, 0.2) is 6.10 Å². The monoisotopic (exact) mass is 479 g/mol. The summed E-state index contributed by atoms with van der Waals surface area (Å²) in [6, 6.07) is 2.67. The van der Waals surface area contributed by atoms with Gasteiger partial charge in [0.1, 0.15) is 19.0 Å². The van der Waals surface area contributed by atoms with Crippen molar-refractivity contribution in [2.24, 2.45) is 0 Å². The van der Waals surface area contributed by atoms with E-state index in [0.717, 1.165) is 22.1 Å². The molecule has 3 aromatic rings. The molecule has 0 radical (unpaired) electrons. The van der Waals surface area contributed by atoms with Gasteiger partial charge in [0.2, 0.25) is 5.91 Å². The van der Waals surface area contributed by atoms with Crippen LogP contribution in [0, 0.1) is 12.7 Å². The summed E-state index contributed by atoms with van der Waals surface area (Å²) in [5, 5.41) is 13.0.